The highest BCUT2D eigenvalue weighted by atomic mass is 32.1. The van der Waals surface area contributed by atoms with E-state index in [9.17, 15) is 4.79 Å². The summed E-state index contributed by atoms with van der Waals surface area (Å²) in [7, 11) is 0. The Hall–Kier alpha value is -0.900. The number of ether oxygens (including phenoxy) is 1. The van der Waals surface area contributed by atoms with Crippen LogP contribution in [0.1, 0.15) is 65.8 Å². The molecule has 1 rings (SSSR count). The van der Waals surface area contributed by atoms with Gasteiger partial charge < -0.3 is 4.74 Å². The lowest BCUT2D eigenvalue weighted by Gasteiger charge is -2.03. The zero-order valence-electron chi connectivity index (χ0n) is 11.6. The second-order valence-electron chi connectivity index (χ2n) is 4.54. The predicted octanol–water partition coefficient (Wildman–Crippen LogP) is 4.28. The first-order chi connectivity index (χ1) is 8.65. The van der Waals surface area contributed by atoms with E-state index in [2.05, 4.69) is 11.9 Å². The minimum atomic E-state index is -0.273. The maximum Gasteiger partial charge on any atom is 0.358 e. The molecule has 0 spiro atoms. The lowest BCUT2D eigenvalue weighted by Crippen LogP contribution is -2.08. The van der Waals surface area contributed by atoms with Gasteiger partial charge in [0.25, 0.3) is 0 Å². The van der Waals surface area contributed by atoms with Gasteiger partial charge >= 0.3 is 5.97 Å². The van der Waals surface area contributed by atoms with Gasteiger partial charge in [-0.2, -0.15) is 0 Å². The minimum absolute atomic E-state index is 0.273. The molecule has 0 fully saturated rings. The maximum atomic E-state index is 11.7. The molecular formula is C14H23NO2S. The van der Waals surface area contributed by atoms with Crippen LogP contribution in [0.3, 0.4) is 0 Å². The largest absolute Gasteiger partial charge is 0.461 e. The molecule has 0 saturated heterocycles. The van der Waals surface area contributed by atoms with Crippen LogP contribution in [-0.2, 0) is 4.74 Å². The molecule has 0 saturated carbocycles. The molecule has 0 aromatic carbocycles. The van der Waals surface area contributed by atoms with E-state index in [1.807, 2.05) is 13.8 Å². The fourth-order valence-electron chi connectivity index (χ4n) is 1.83. The van der Waals surface area contributed by atoms with E-state index in [0.29, 0.717) is 12.3 Å². The molecule has 0 aliphatic heterocycles. The van der Waals surface area contributed by atoms with E-state index in [4.69, 9.17) is 4.74 Å². The van der Waals surface area contributed by atoms with Crippen LogP contribution >= 0.6 is 11.3 Å². The van der Waals surface area contributed by atoms with Crippen molar-refractivity contribution in [3.8, 4) is 0 Å². The van der Waals surface area contributed by atoms with Crippen molar-refractivity contribution in [2.45, 2.75) is 59.3 Å². The zero-order chi connectivity index (χ0) is 13.4. The topological polar surface area (TPSA) is 39.2 Å². The third-order valence-corrected chi connectivity index (χ3v) is 3.71. The van der Waals surface area contributed by atoms with Crippen molar-refractivity contribution in [3.05, 3.63) is 15.6 Å². The number of hydrogen-bond donors (Lipinski definition) is 0. The highest BCUT2D eigenvalue weighted by Crippen LogP contribution is 2.17. The fraction of sp³-hybridized carbons (Fsp3) is 0.714. The SMILES string of the molecule is CCCCCCCCOC(=O)c1nc(C)sc1C. The van der Waals surface area contributed by atoms with Gasteiger partial charge in [0.1, 0.15) is 0 Å². The average molecular weight is 269 g/mol. The van der Waals surface area contributed by atoms with Crippen molar-refractivity contribution in [3.63, 3.8) is 0 Å². The zero-order valence-corrected chi connectivity index (χ0v) is 12.4. The lowest BCUT2D eigenvalue weighted by atomic mass is 10.1. The number of carbonyl (C=O) groups excluding carboxylic acids is 1. The van der Waals surface area contributed by atoms with Crippen LogP contribution in [0.4, 0.5) is 0 Å². The van der Waals surface area contributed by atoms with Gasteiger partial charge in [0, 0.05) is 4.88 Å². The predicted molar refractivity (Wildman–Crippen MR) is 75.2 cm³/mol. The molecule has 1 aromatic heterocycles. The van der Waals surface area contributed by atoms with E-state index in [0.717, 1.165) is 22.7 Å². The standard InChI is InChI=1S/C14H23NO2S/c1-4-5-6-7-8-9-10-17-14(16)13-11(2)18-12(3)15-13/h4-10H2,1-3H3. The maximum absolute atomic E-state index is 11.7. The highest BCUT2D eigenvalue weighted by molar-refractivity contribution is 7.11. The molecular weight excluding hydrogens is 246 g/mol. The van der Waals surface area contributed by atoms with Crippen LogP contribution < -0.4 is 0 Å². The van der Waals surface area contributed by atoms with Crippen molar-refractivity contribution in [2.75, 3.05) is 6.61 Å². The summed E-state index contributed by atoms with van der Waals surface area (Å²) in [5.41, 5.74) is 0.489. The number of hydrogen-bond acceptors (Lipinski definition) is 4. The third-order valence-electron chi connectivity index (χ3n) is 2.83. The van der Waals surface area contributed by atoms with Gasteiger partial charge in [-0.15, -0.1) is 11.3 Å². The normalized spacial score (nSPS) is 10.6. The summed E-state index contributed by atoms with van der Waals surface area (Å²) >= 11 is 1.54. The summed E-state index contributed by atoms with van der Waals surface area (Å²) in [5.74, 6) is -0.273. The molecule has 0 aliphatic rings. The molecule has 102 valence electrons. The summed E-state index contributed by atoms with van der Waals surface area (Å²) in [6.45, 7) is 6.54. The van der Waals surface area contributed by atoms with Crippen LogP contribution in [0.5, 0.6) is 0 Å². The number of esters is 1. The minimum Gasteiger partial charge on any atom is -0.461 e. The first-order valence-electron chi connectivity index (χ1n) is 6.76. The number of thiazole rings is 1. The van der Waals surface area contributed by atoms with E-state index in [1.54, 1.807) is 0 Å². The van der Waals surface area contributed by atoms with Gasteiger partial charge in [0.2, 0.25) is 0 Å². The van der Waals surface area contributed by atoms with Crippen LogP contribution in [0, 0.1) is 13.8 Å². The van der Waals surface area contributed by atoms with Gasteiger partial charge in [-0.25, -0.2) is 9.78 Å². The van der Waals surface area contributed by atoms with E-state index < -0.39 is 0 Å². The van der Waals surface area contributed by atoms with Crippen LogP contribution in [-0.4, -0.2) is 17.6 Å². The lowest BCUT2D eigenvalue weighted by molar-refractivity contribution is 0.0490. The molecule has 3 nitrogen and oxygen atoms in total. The van der Waals surface area contributed by atoms with Gasteiger partial charge in [0.15, 0.2) is 5.69 Å². The van der Waals surface area contributed by atoms with Crippen molar-refractivity contribution < 1.29 is 9.53 Å². The molecule has 0 aliphatic carbocycles. The molecule has 1 heterocycles. The Kier molecular flexibility index (Phi) is 6.94. The Labute approximate surface area is 114 Å². The summed E-state index contributed by atoms with van der Waals surface area (Å²) in [4.78, 5) is 16.9. The molecule has 4 heteroatoms. The van der Waals surface area contributed by atoms with E-state index in [-0.39, 0.29) is 5.97 Å². The summed E-state index contributed by atoms with van der Waals surface area (Å²) in [5, 5.41) is 0.916. The fourth-order valence-corrected chi connectivity index (χ4v) is 2.64. The monoisotopic (exact) mass is 269 g/mol. The Morgan fingerprint density at radius 1 is 1.17 bits per heavy atom. The third kappa shape index (κ3) is 5.17. The molecule has 0 unspecified atom stereocenters. The smallest absolute Gasteiger partial charge is 0.358 e. The van der Waals surface area contributed by atoms with Gasteiger partial charge in [-0.05, 0) is 20.3 Å². The van der Waals surface area contributed by atoms with Crippen LogP contribution in [0.2, 0.25) is 0 Å². The van der Waals surface area contributed by atoms with Crippen molar-refractivity contribution in [1.82, 2.24) is 4.98 Å². The molecule has 1 aromatic rings. The first-order valence-corrected chi connectivity index (χ1v) is 7.58. The van der Waals surface area contributed by atoms with E-state index in [1.165, 1.54) is 37.0 Å². The van der Waals surface area contributed by atoms with Crippen LogP contribution in [0.25, 0.3) is 0 Å². The molecule has 18 heavy (non-hydrogen) atoms. The molecule has 0 N–H and O–H groups in total. The average Bonchev–Trinajstić information content (AvgIpc) is 2.67. The second kappa shape index (κ2) is 8.25. The number of aromatic nitrogens is 1. The van der Waals surface area contributed by atoms with Gasteiger partial charge in [0.05, 0.1) is 11.6 Å². The quantitative estimate of drug-likeness (QED) is 0.522. The Morgan fingerprint density at radius 2 is 1.83 bits per heavy atom. The molecule has 0 atom stereocenters. The molecule has 0 amide bonds. The van der Waals surface area contributed by atoms with Crippen molar-refractivity contribution in [1.29, 1.82) is 0 Å². The van der Waals surface area contributed by atoms with Crippen molar-refractivity contribution >= 4 is 17.3 Å². The van der Waals surface area contributed by atoms with E-state index >= 15 is 0 Å². The molecule has 0 bridgehead atoms. The molecule has 0 radical (unpaired) electrons. The number of rotatable bonds is 8. The number of nitrogens with zero attached hydrogens (tertiary/aromatic N) is 1. The van der Waals surface area contributed by atoms with Crippen LogP contribution in [0.15, 0.2) is 0 Å². The summed E-state index contributed by atoms with van der Waals surface area (Å²) in [6.07, 6.45) is 7.18. The number of carbonyl (C=O) groups is 1. The number of aryl methyl sites for hydroxylation is 2. The number of unbranched alkanes of at least 4 members (excludes halogenated alkanes) is 5. The Bertz CT molecular complexity index is 374. The summed E-state index contributed by atoms with van der Waals surface area (Å²) in [6, 6.07) is 0. The van der Waals surface area contributed by atoms with Crippen molar-refractivity contribution in [2.24, 2.45) is 0 Å². The van der Waals surface area contributed by atoms with Gasteiger partial charge in [-0.3, -0.25) is 0 Å². The highest BCUT2D eigenvalue weighted by Gasteiger charge is 2.14. The second-order valence-corrected chi connectivity index (χ2v) is 5.95. The Balaban J connectivity index is 2.16. The Morgan fingerprint density at radius 3 is 2.44 bits per heavy atom. The first kappa shape index (κ1) is 15.2. The summed E-state index contributed by atoms with van der Waals surface area (Å²) < 4.78 is 5.23. The van der Waals surface area contributed by atoms with Gasteiger partial charge in [-0.1, -0.05) is 39.0 Å².